The number of carboxylic acid groups (broad SMARTS) is 1. The first kappa shape index (κ1) is 12.1. The van der Waals surface area contributed by atoms with Crippen molar-refractivity contribution < 1.29 is 9.90 Å². The van der Waals surface area contributed by atoms with E-state index in [1.807, 2.05) is 23.9 Å². The fourth-order valence-electron chi connectivity index (χ4n) is 1.86. The maximum absolute atomic E-state index is 10.4. The number of carbonyl (C=O) groups is 1. The van der Waals surface area contributed by atoms with Crippen LogP contribution < -0.4 is 10.2 Å². The van der Waals surface area contributed by atoms with Gasteiger partial charge in [-0.25, -0.2) is 4.79 Å². The van der Waals surface area contributed by atoms with E-state index in [-0.39, 0.29) is 0 Å². The molecule has 2 rings (SSSR count). The summed E-state index contributed by atoms with van der Waals surface area (Å²) in [5, 5.41) is 11.0. The van der Waals surface area contributed by atoms with E-state index >= 15 is 0 Å². The van der Waals surface area contributed by atoms with Crippen molar-refractivity contribution in [2.45, 2.75) is 6.54 Å². The van der Waals surface area contributed by atoms with E-state index in [2.05, 4.69) is 22.3 Å². The molecule has 0 bridgehead atoms. The van der Waals surface area contributed by atoms with Gasteiger partial charge in [-0.2, -0.15) is 11.8 Å². The maximum Gasteiger partial charge on any atom is 0.404 e. The summed E-state index contributed by atoms with van der Waals surface area (Å²) in [5.41, 5.74) is 2.19. The molecule has 1 aromatic rings. The quantitative estimate of drug-likeness (QED) is 0.864. The molecule has 1 amide bonds. The summed E-state index contributed by atoms with van der Waals surface area (Å²) in [7, 11) is 0. The van der Waals surface area contributed by atoms with Gasteiger partial charge >= 0.3 is 6.09 Å². The molecular formula is C12H16N2O2S. The molecule has 0 radical (unpaired) electrons. The van der Waals surface area contributed by atoms with Crippen LogP contribution in [0.15, 0.2) is 24.3 Å². The highest BCUT2D eigenvalue weighted by atomic mass is 32.2. The van der Waals surface area contributed by atoms with Gasteiger partial charge in [-0.1, -0.05) is 12.1 Å². The van der Waals surface area contributed by atoms with Crippen molar-refractivity contribution in [3.05, 3.63) is 29.8 Å². The molecule has 1 aromatic carbocycles. The van der Waals surface area contributed by atoms with Crippen molar-refractivity contribution in [3.63, 3.8) is 0 Å². The Kier molecular flexibility index (Phi) is 4.14. The van der Waals surface area contributed by atoms with E-state index < -0.39 is 6.09 Å². The molecular weight excluding hydrogens is 236 g/mol. The molecule has 4 nitrogen and oxygen atoms in total. The molecule has 0 atom stereocenters. The minimum Gasteiger partial charge on any atom is -0.465 e. The summed E-state index contributed by atoms with van der Waals surface area (Å²) in [5.74, 6) is 2.33. The van der Waals surface area contributed by atoms with Crippen molar-refractivity contribution in [2.24, 2.45) is 0 Å². The Bertz CT molecular complexity index is 392. The third-order valence-corrected chi connectivity index (χ3v) is 3.67. The highest BCUT2D eigenvalue weighted by Gasteiger charge is 2.11. The van der Waals surface area contributed by atoms with Crippen LogP contribution in [0.2, 0.25) is 0 Å². The van der Waals surface area contributed by atoms with Gasteiger partial charge in [-0.05, 0) is 17.7 Å². The largest absolute Gasteiger partial charge is 0.465 e. The molecule has 0 aromatic heterocycles. The van der Waals surface area contributed by atoms with Gasteiger partial charge in [-0.15, -0.1) is 0 Å². The number of hydrogen-bond donors (Lipinski definition) is 2. The number of rotatable bonds is 3. The molecule has 5 heteroatoms. The normalized spacial score (nSPS) is 15.6. The van der Waals surface area contributed by atoms with Crippen LogP contribution in [-0.4, -0.2) is 35.8 Å². The third-order valence-electron chi connectivity index (χ3n) is 2.73. The van der Waals surface area contributed by atoms with Crippen molar-refractivity contribution >= 4 is 23.5 Å². The lowest BCUT2D eigenvalue weighted by atomic mass is 10.2. The van der Waals surface area contributed by atoms with E-state index in [0.717, 1.165) is 30.2 Å². The Morgan fingerprint density at radius 1 is 1.41 bits per heavy atom. The van der Waals surface area contributed by atoms with Gasteiger partial charge in [0.25, 0.3) is 0 Å². The third kappa shape index (κ3) is 3.56. The summed E-state index contributed by atoms with van der Waals surface area (Å²) in [6.07, 6.45) is -0.982. The summed E-state index contributed by atoms with van der Waals surface area (Å²) in [6.45, 7) is 2.51. The molecule has 0 spiro atoms. The minimum absolute atomic E-state index is 0.367. The Labute approximate surface area is 105 Å². The van der Waals surface area contributed by atoms with Crippen LogP contribution in [0.25, 0.3) is 0 Å². The number of hydrogen-bond acceptors (Lipinski definition) is 3. The molecule has 0 unspecified atom stereocenters. The molecule has 0 aliphatic carbocycles. The number of thioether (sulfide) groups is 1. The molecule has 1 saturated heterocycles. The van der Waals surface area contributed by atoms with Gasteiger partial charge in [0.05, 0.1) is 0 Å². The SMILES string of the molecule is O=C(O)NCc1cccc(N2CCSCC2)c1. The molecule has 17 heavy (non-hydrogen) atoms. The highest BCUT2D eigenvalue weighted by Crippen LogP contribution is 2.20. The van der Waals surface area contributed by atoms with E-state index in [1.54, 1.807) is 0 Å². The van der Waals surface area contributed by atoms with Gasteiger partial charge in [0.2, 0.25) is 0 Å². The van der Waals surface area contributed by atoms with Crippen LogP contribution >= 0.6 is 11.8 Å². The average molecular weight is 252 g/mol. The Morgan fingerprint density at radius 2 is 2.18 bits per heavy atom. The van der Waals surface area contributed by atoms with Crippen molar-refractivity contribution in [1.29, 1.82) is 0 Å². The fraction of sp³-hybridized carbons (Fsp3) is 0.417. The molecule has 0 saturated carbocycles. The molecule has 1 aliphatic rings. The van der Waals surface area contributed by atoms with Gasteiger partial charge in [0, 0.05) is 36.8 Å². The zero-order valence-electron chi connectivity index (χ0n) is 9.56. The van der Waals surface area contributed by atoms with Crippen molar-refractivity contribution in [3.8, 4) is 0 Å². The van der Waals surface area contributed by atoms with E-state index in [4.69, 9.17) is 5.11 Å². The maximum atomic E-state index is 10.4. The molecule has 1 aliphatic heterocycles. The number of nitrogens with zero attached hydrogens (tertiary/aromatic N) is 1. The van der Waals surface area contributed by atoms with Crippen LogP contribution in [0.4, 0.5) is 10.5 Å². The Balaban J connectivity index is 2.02. The minimum atomic E-state index is -0.982. The van der Waals surface area contributed by atoms with Gasteiger partial charge < -0.3 is 15.3 Å². The van der Waals surface area contributed by atoms with E-state index in [9.17, 15) is 4.79 Å². The number of amides is 1. The van der Waals surface area contributed by atoms with Crippen molar-refractivity contribution in [1.82, 2.24) is 5.32 Å². The summed E-state index contributed by atoms with van der Waals surface area (Å²) < 4.78 is 0. The van der Waals surface area contributed by atoms with Gasteiger partial charge in [0.1, 0.15) is 0 Å². The number of benzene rings is 1. The van der Waals surface area contributed by atoms with E-state index in [0.29, 0.717) is 6.54 Å². The number of nitrogens with one attached hydrogen (secondary N) is 1. The molecule has 1 fully saturated rings. The second kappa shape index (κ2) is 5.82. The second-order valence-corrected chi connectivity index (χ2v) is 5.15. The van der Waals surface area contributed by atoms with Crippen LogP contribution in [0.3, 0.4) is 0 Å². The van der Waals surface area contributed by atoms with Gasteiger partial charge in [0.15, 0.2) is 0 Å². The first-order chi connectivity index (χ1) is 8.25. The highest BCUT2D eigenvalue weighted by molar-refractivity contribution is 7.99. The van der Waals surface area contributed by atoms with Gasteiger partial charge in [-0.3, -0.25) is 0 Å². The average Bonchev–Trinajstić information content (AvgIpc) is 2.38. The lowest BCUT2D eigenvalue weighted by molar-refractivity contribution is 0.194. The summed E-state index contributed by atoms with van der Waals surface area (Å²) in [6, 6.07) is 8.07. The zero-order valence-corrected chi connectivity index (χ0v) is 10.4. The standard InChI is InChI=1S/C12H16N2O2S/c15-12(16)13-9-10-2-1-3-11(8-10)14-4-6-17-7-5-14/h1-3,8,13H,4-7,9H2,(H,15,16). The molecule has 2 N–H and O–H groups in total. The predicted molar refractivity (Wildman–Crippen MR) is 70.8 cm³/mol. The lowest BCUT2D eigenvalue weighted by Gasteiger charge is -2.28. The summed E-state index contributed by atoms with van der Waals surface area (Å²) in [4.78, 5) is 12.8. The fourth-order valence-corrected chi connectivity index (χ4v) is 2.77. The smallest absolute Gasteiger partial charge is 0.404 e. The monoisotopic (exact) mass is 252 g/mol. The van der Waals surface area contributed by atoms with Crippen molar-refractivity contribution in [2.75, 3.05) is 29.5 Å². The van der Waals surface area contributed by atoms with Crippen LogP contribution in [-0.2, 0) is 6.54 Å². The topological polar surface area (TPSA) is 52.6 Å². The lowest BCUT2D eigenvalue weighted by Crippen LogP contribution is -2.32. The molecule has 92 valence electrons. The van der Waals surface area contributed by atoms with Crippen LogP contribution in [0.1, 0.15) is 5.56 Å². The first-order valence-corrected chi connectivity index (χ1v) is 6.79. The number of anilines is 1. The van der Waals surface area contributed by atoms with E-state index in [1.165, 1.54) is 5.69 Å². The van der Waals surface area contributed by atoms with Crippen LogP contribution in [0, 0.1) is 0 Å². The Hall–Kier alpha value is -1.36. The Morgan fingerprint density at radius 3 is 2.88 bits per heavy atom. The second-order valence-electron chi connectivity index (χ2n) is 3.93. The summed E-state index contributed by atoms with van der Waals surface area (Å²) >= 11 is 1.98. The first-order valence-electron chi connectivity index (χ1n) is 5.64. The zero-order chi connectivity index (χ0) is 12.1. The van der Waals surface area contributed by atoms with Crippen LogP contribution in [0.5, 0.6) is 0 Å². The predicted octanol–water partition coefficient (Wildman–Crippen LogP) is 2.01. The molecule has 1 heterocycles.